The highest BCUT2D eigenvalue weighted by Crippen LogP contribution is 2.21. The lowest BCUT2D eigenvalue weighted by Gasteiger charge is -2.11. The summed E-state index contributed by atoms with van der Waals surface area (Å²) in [6, 6.07) is 12.9. The average Bonchev–Trinajstić information content (AvgIpc) is 2.49. The van der Waals surface area contributed by atoms with E-state index in [0.717, 1.165) is 17.7 Å². The molecule has 0 amide bonds. The molecular formula is C17H18O4. The first-order valence-corrected chi connectivity index (χ1v) is 6.70. The third-order valence-electron chi connectivity index (χ3n) is 3.32. The number of methoxy groups -OCH3 is 1. The van der Waals surface area contributed by atoms with Crippen molar-refractivity contribution in [2.24, 2.45) is 0 Å². The maximum absolute atomic E-state index is 11.1. The second kappa shape index (κ2) is 6.79. The molecule has 0 radical (unpaired) electrons. The fourth-order valence-electron chi connectivity index (χ4n) is 2.07. The number of hydrogen-bond donors (Lipinski definition) is 1. The lowest BCUT2D eigenvalue weighted by molar-refractivity contribution is 0.0695. The summed E-state index contributed by atoms with van der Waals surface area (Å²) in [7, 11) is 1.64. The Bertz CT molecular complexity index is 617. The summed E-state index contributed by atoms with van der Waals surface area (Å²) >= 11 is 0. The summed E-state index contributed by atoms with van der Waals surface area (Å²) in [6.45, 7) is 2.25. The largest absolute Gasteiger partial charge is 0.497 e. The van der Waals surface area contributed by atoms with Gasteiger partial charge in [0.05, 0.1) is 19.3 Å². The van der Waals surface area contributed by atoms with E-state index >= 15 is 0 Å². The van der Waals surface area contributed by atoms with Gasteiger partial charge in [-0.1, -0.05) is 18.2 Å². The maximum atomic E-state index is 11.1. The van der Waals surface area contributed by atoms with Crippen LogP contribution >= 0.6 is 0 Å². The van der Waals surface area contributed by atoms with Crippen molar-refractivity contribution < 1.29 is 19.4 Å². The molecule has 110 valence electrons. The van der Waals surface area contributed by atoms with Crippen LogP contribution in [0.4, 0.5) is 0 Å². The zero-order valence-electron chi connectivity index (χ0n) is 12.1. The van der Waals surface area contributed by atoms with Crippen LogP contribution in [0.15, 0.2) is 42.5 Å². The van der Waals surface area contributed by atoms with Crippen molar-refractivity contribution in [3.05, 3.63) is 59.2 Å². The van der Waals surface area contributed by atoms with Crippen molar-refractivity contribution in [3.8, 4) is 11.5 Å². The van der Waals surface area contributed by atoms with E-state index in [4.69, 9.17) is 14.6 Å². The SMILES string of the molecule is COc1ccc(CCOc2cccc(C(=O)O)c2C)cc1. The van der Waals surface area contributed by atoms with E-state index in [1.165, 1.54) is 0 Å². The highest BCUT2D eigenvalue weighted by molar-refractivity contribution is 5.90. The molecule has 4 nitrogen and oxygen atoms in total. The molecule has 0 saturated heterocycles. The Morgan fingerprint density at radius 2 is 1.86 bits per heavy atom. The standard InChI is InChI=1S/C17H18O4/c1-12-15(17(18)19)4-3-5-16(12)21-11-10-13-6-8-14(20-2)9-7-13/h3-9H,10-11H2,1-2H3,(H,18,19). The minimum Gasteiger partial charge on any atom is -0.497 e. The second-order valence-corrected chi connectivity index (χ2v) is 4.68. The summed E-state index contributed by atoms with van der Waals surface area (Å²) in [5, 5.41) is 9.08. The summed E-state index contributed by atoms with van der Waals surface area (Å²) < 4.78 is 10.8. The summed E-state index contributed by atoms with van der Waals surface area (Å²) in [5.41, 5.74) is 2.07. The molecule has 0 heterocycles. The van der Waals surface area contributed by atoms with E-state index in [2.05, 4.69) is 0 Å². The van der Waals surface area contributed by atoms with Crippen molar-refractivity contribution in [2.75, 3.05) is 13.7 Å². The van der Waals surface area contributed by atoms with E-state index in [1.807, 2.05) is 24.3 Å². The first-order chi connectivity index (χ1) is 10.1. The molecule has 0 aliphatic carbocycles. The summed E-state index contributed by atoms with van der Waals surface area (Å²) in [4.78, 5) is 11.1. The van der Waals surface area contributed by atoms with Crippen LogP contribution < -0.4 is 9.47 Å². The number of ether oxygens (including phenoxy) is 2. The fourth-order valence-corrected chi connectivity index (χ4v) is 2.07. The molecule has 1 N–H and O–H groups in total. The van der Waals surface area contributed by atoms with Gasteiger partial charge in [0.2, 0.25) is 0 Å². The first kappa shape index (κ1) is 14.9. The third-order valence-corrected chi connectivity index (χ3v) is 3.32. The van der Waals surface area contributed by atoms with Gasteiger partial charge in [0.25, 0.3) is 0 Å². The van der Waals surface area contributed by atoms with Crippen LogP contribution in [0.3, 0.4) is 0 Å². The quantitative estimate of drug-likeness (QED) is 0.885. The van der Waals surface area contributed by atoms with Crippen LogP contribution in [-0.2, 0) is 6.42 Å². The molecule has 0 saturated carbocycles. The van der Waals surface area contributed by atoms with Crippen molar-refractivity contribution in [1.29, 1.82) is 0 Å². The van der Waals surface area contributed by atoms with Crippen LogP contribution in [0.1, 0.15) is 21.5 Å². The third kappa shape index (κ3) is 3.75. The maximum Gasteiger partial charge on any atom is 0.336 e. The Labute approximate surface area is 123 Å². The molecule has 0 aliphatic heterocycles. The van der Waals surface area contributed by atoms with Crippen LogP contribution in [0.25, 0.3) is 0 Å². The van der Waals surface area contributed by atoms with Crippen molar-refractivity contribution in [2.45, 2.75) is 13.3 Å². The molecule has 0 unspecified atom stereocenters. The number of carboxylic acid groups (broad SMARTS) is 1. The zero-order chi connectivity index (χ0) is 15.2. The smallest absolute Gasteiger partial charge is 0.336 e. The highest BCUT2D eigenvalue weighted by atomic mass is 16.5. The van der Waals surface area contributed by atoms with Gasteiger partial charge < -0.3 is 14.6 Å². The first-order valence-electron chi connectivity index (χ1n) is 6.70. The predicted octanol–water partition coefficient (Wildman–Crippen LogP) is 3.32. The Kier molecular flexibility index (Phi) is 4.82. The highest BCUT2D eigenvalue weighted by Gasteiger charge is 2.10. The Hall–Kier alpha value is -2.49. The van der Waals surface area contributed by atoms with Gasteiger partial charge in [0.1, 0.15) is 11.5 Å². The van der Waals surface area contributed by atoms with E-state index in [9.17, 15) is 4.79 Å². The van der Waals surface area contributed by atoms with E-state index in [0.29, 0.717) is 17.9 Å². The zero-order valence-corrected chi connectivity index (χ0v) is 12.1. The second-order valence-electron chi connectivity index (χ2n) is 4.68. The average molecular weight is 286 g/mol. The van der Waals surface area contributed by atoms with Gasteiger partial charge in [-0.2, -0.15) is 0 Å². The molecule has 0 fully saturated rings. The molecule has 21 heavy (non-hydrogen) atoms. The van der Waals surface area contributed by atoms with Crippen molar-refractivity contribution in [3.63, 3.8) is 0 Å². The summed E-state index contributed by atoms with van der Waals surface area (Å²) in [5.74, 6) is 0.501. The van der Waals surface area contributed by atoms with E-state index < -0.39 is 5.97 Å². The van der Waals surface area contributed by atoms with Crippen LogP contribution in [-0.4, -0.2) is 24.8 Å². The summed E-state index contributed by atoms with van der Waals surface area (Å²) in [6.07, 6.45) is 0.751. The number of carboxylic acids is 1. The molecule has 2 aromatic carbocycles. The van der Waals surface area contributed by atoms with Gasteiger partial charge in [-0.15, -0.1) is 0 Å². The van der Waals surface area contributed by atoms with Crippen molar-refractivity contribution >= 4 is 5.97 Å². The van der Waals surface area contributed by atoms with E-state index in [1.54, 1.807) is 32.2 Å². The molecule has 2 rings (SSSR count). The van der Waals surface area contributed by atoms with Crippen LogP contribution in [0.5, 0.6) is 11.5 Å². The Morgan fingerprint density at radius 3 is 2.48 bits per heavy atom. The number of hydrogen-bond acceptors (Lipinski definition) is 3. The van der Waals surface area contributed by atoms with E-state index in [-0.39, 0.29) is 5.56 Å². The minimum absolute atomic E-state index is 0.275. The molecule has 4 heteroatoms. The number of rotatable bonds is 6. The lowest BCUT2D eigenvalue weighted by Crippen LogP contribution is -2.05. The van der Waals surface area contributed by atoms with Crippen molar-refractivity contribution in [1.82, 2.24) is 0 Å². The molecule has 0 bridgehead atoms. The lowest BCUT2D eigenvalue weighted by atomic mass is 10.1. The number of benzene rings is 2. The Balaban J connectivity index is 1.97. The predicted molar refractivity (Wildman–Crippen MR) is 80.3 cm³/mol. The van der Waals surface area contributed by atoms with Gasteiger partial charge in [-0.3, -0.25) is 0 Å². The van der Waals surface area contributed by atoms with Gasteiger partial charge in [0, 0.05) is 12.0 Å². The van der Waals surface area contributed by atoms with Gasteiger partial charge in [-0.05, 0) is 36.8 Å². The van der Waals surface area contributed by atoms with Gasteiger partial charge >= 0.3 is 5.97 Å². The monoisotopic (exact) mass is 286 g/mol. The Morgan fingerprint density at radius 1 is 1.14 bits per heavy atom. The topological polar surface area (TPSA) is 55.8 Å². The minimum atomic E-state index is -0.937. The fraction of sp³-hybridized carbons (Fsp3) is 0.235. The molecular weight excluding hydrogens is 268 g/mol. The van der Waals surface area contributed by atoms with Gasteiger partial charge in [0.15, 0.2) is 0 Å². The van der Waals surface area contributed by atoms with Crippen LogP contribution in [0.2, 0.25) is 0 Å². The molecule has 0 aliphatic rings. The molecule has 0 aromatic heterocycles. The number of carbonyl (C=O) groups is 1. The number of aromatic carboxylic acids is 1. The van der Waals surface area contributed by atoms with Gasteiger partial charge in [-0.25, -0.2) is 4.79 Å². The molecule has 2 aromatic rings. The van der Waals surface area contributed by atoms with Crippen LogP contribution in [0, 0.1) is 6.92 Å². The normalized spacial score (nSPS) is 10.2. The molecule has 0 spiro atoms. The molecule has 0 atom stereocenters.